The molecule has 4 heteroatoms. The van der Waals surface area contributed by atoms with Crippen molar-refractivity contribution < 1.29 is 9.50 Å². The molecule has 1 aromatic rings. The van der Waals surface area contributed by atoms with Crippen LogP contribution in [0.2, 0.25) is 0 Å². The summed E-state index contributed by atoms with van der Waals surface area (Å²) in [5, 5.41) is 12.2. The molecule has 0 aromatic carbocycles. The van der Waals surface area contributed by atoms with Crippen LogP contribution >= 0.6 is 0 Å². The number of aromatic nitrogens is 1. The topological polar surface area (TPSA) is 45.1 Å². The maximum Gasteiger partial charge on any atom is 0.214 e. The predicted octanol–water partition coefficient (Wildman–Crippen LogP) is 2.43. The van der Waals surface area contributed by atoms with Gasteiger partial charge in [-0.1, -0.05) is 19.9 Å². The van der Waals surface area contributed by atoms with Crippen LogP contribution in [0.1, 0.15) is 26.7 Å². The zero-order valence-corrected chi connectivity index (χ0v) is 9.78. The van der Waals surface area contributed by atoms with E-state index in [9.17, 15) is 4.39 Å². The molecule has 0 aliphatic rings. The van der Waals surface area contributed by atoms with Crippen molar-refractivity contribution >= 4 is 5.82 Å². The van der Waals surface area contributed by atoms with Crippen molar-refractivity contribution in [2.75, 3.05) is 11.9 Å². The lowest BCUT2D eigenvalue weighted by Gasteiger charge is -2.20. The zero-order chi connectivity index (χ0) is 12.0. The number of hydrogen-bond acceptors (Lipinski definition) is 3. The summed E-state index contributed by atoms with van der Waals surface area (Å²) in [6, 6.07) is 4.92. The first kappa shape index (κ1) is 12.9. The number of anilines is 1. The first-order valence-electron chi connectivity index (χ1n) is 5.65. The van der Waals surface area contributed by atoms with Gasteiger partial charge in [-0.25, -0.2) is 4.98 Å². The fourth-order valence-electron chi connectivity index (χ4n) is 1.59. The molecule has 0 unspecified atom stereocenters. The Labute approximate surface area is 95.7 Å². The van der Waals surface area contributed by atoms with Gasteiger partial charge in [0.05, 0.1) is 0 Å². The third kappa shape index (κ3) is 4.14. The third-order valence-electron chi connectivity index (χ3n) is 2.56. The minimum absolute atomic E-state index is 0.175. The minimum atomic E-state index is -0.477. The molecule has 16 heavy (non-hydrogen) atoms. The van der Waals surface area contributed by atoms with E-state index in [4.69, 9.17) is 5.11 Å². The van der Waals surface area contributed by atoms with Crippen molar-refractivity contribution in [3.8, 4) is 0 Å². The molecule has 0 radical (unpaired) electrons. The Hall–Kier alpha value is -1.16. The normalized spacial score (nSPS) is 14.5. The summed E-state index contributed by atoms with van der Waals surface area (Å²) in [4.78, 5) is 3.75. The van der Waals surface area contributed by atoms with Crippen molar-refractivity contribution in [3.05, 3.63) is 24.1 Å². The molecule has 0 saturated heterocycles. The van der Waals surface area contributed by atoms with Crippen molar-refractivity contribution in [2.45, 2.75) is 32.7 Å². The van der Waals surface area contributed by atoms with Gasteiger partial charge in [0.1, 0.15) is 5.82 Å². The van der Waals surface area contributed by atoms with Gasteiger partial charge in [-0.2, -0.15) is 4.39 Å². The molecule has 3 nitrogen and oxygen atoms in total. The highest BCUT2D eigenvalue weighted by Crippen LogP contribution is 2.13. The summed E-state index contributed by atoms with van der Waals surface area (Å²) in [6.07, 6.45) is 1.77. The van der Waals surface area contributed by atoms with E-state index in [0.717, 1.165) is 12.8 Å². The van der Waals surface area contributed by atoms with Crippen molar-refractivity contribution in [2.24, 2.45) is 5.92 Å². The van der Waals surface area contributed by atoms with Crippen LogP contribution in [0.15, 0.2) is 18.2 Å². The summed E-state index contributed by atoms with van der Waals surface area (Å²) >= 11 is 0. The molecule has 2 atom stereocenters. The highest BCUT2D eigenvalue weighted by atomic mass is 19.1. The lowest BCUT2D eigenvalue weighted by atomic mass is 10.0. The van der Waals surface area contributed by atoms with Crippen molar-refractivity contribution in [1.82, 2.24) is 4.98 Å². The Bertz CT molecular complexity index is 320. The van der Waals surface area contributed by atoms with Gasteiger partial charge in [-0.3, -0.25) is 0 Å². The molecular weight excluding hydrogens is 207 g/mol. The molecule has 0 fully saturated rings. The summed E-state index contributed by atoms with van der Waals surface area (Å²) in [5.41, 5.74) is 0. The van der Waals surface area contributed by atoms with Crippen LogP contribution in [0.25, 0.3) is 0 Å². The van der Waals surface area contributed by atoms with Gasteiger partial charge >= 0.3 is 0 Å². The molecule has 1 heterocycles. The van der Waals surface area contributed by atoms with Gasteiger partial charge in [0.25, 0.3) is 0 Å². The maximum absolute atomic E-state index is 12.9. The van der Waals surface area contributed by atoms with Crippen LogP contribution in [-0.2, 0) is 0 Å². The van der Waals surface area contributed by atoms with E-state index in [-0.39, 0.29) is 18.6 Å². The molecule has 1 aromatic heterocycles. The molecule has 90 valence electrons. The van der Waals surface area contributed by atoms with Crippen LogP contribution in [0.4, 0.5) is 10.2 Å². The molecule has 0 saturated carbocycles. The molecule has 0 bridgehead atoms. The number of halogens is 1. The molecule has 0 aliphatic carbocycles. The maximum atomic E-state index is 12.9. The smallest absolute Gasteiger partial charge is 0.214 e. The van der Waals surface area contributed by atoms with Gasteiger partial charge < -0.3 is 10.4 Å². The second kappa shape index (κ2) is 6.43. The Balaban J connectivity index is 2.56. The predicted molar refractivity (Wildman–Crippen MR) is 62.8 cm³/mol. The van der Waals surface area contributed by atoms with E-state index in [1.54, 1.807) is 12.1 Å². The number of aliphatic hydroxyl groups is 1. The Morgan fingerprint density at radius 1 is 1.50 bits per heavy atom. The Morgan fingerprint density at radius 2 is 2.25 bits per heavy atom. The monoisotopic (exact) mass is 226 g/mol. The summed E-state index contributed by atoms with van der Waals surface area (Å²) in [5.74, 6) is 0.318. The zero-order valence-electron chi connectivity index (χ0n) is 9.78. The number of hydrogen-bond donors (Lipinski definition) is 2. The van der Waals surface area contributed by atoms with Crippen LogP contribution in [0, 0.1) is 11.9 Å². The average Bonchev–Trinajstić information content (AvgIpc) is 2.28. The van der Waals surface area contributed by atoms with Crippen LogP contribution < -0.4 is 5.32 Å². The number of rotatable bonds is 6. The Morgan fingerprint density at radius 3 is 2.81 bits per heavy atom. The van der Waals surface area contributed by atoms with E-state index in [1.165, 1.54) is 6.07 Å². The van der Waals surface area contributed by atoms with Crippen molar-refractivity contribution in [1.29, 1.82) is 0 Å². The molecular formula is C12H19FN2O. The number of aliphatic hydroxyl groups excluding tert-OH is 1. The number of nitrogens with zero attached hydrogens (tertiary/aromatic N) is 1. The fraction of sp³-hybridized carbons (Fsp3) is 0.583. The SMILES string of the molecule is CC[C@H](C[C@@H](C)CO)Nc1cccc(F)n1. The third-order valence-corrected chi connectivity index (χ3v) is 2.56. The highest BCUT2D eigenvalue weighted by Gasteiger charge is 2.11. The quantitative estimate of drug-likeness (QED) is 0.732. The highest BCUT2D eigenvalue weighted by molar-refractivity contribution is 5.34. The van der Waals surface area contributed by atoms with E-state index in [2.05, 4.69) is 17.2 Å². The summed E-state index contributed by atoms with van der Waals surface area (Å²) in [6.45, 7) is 4.22. The summed E-state index contributed by atoms with van der Waals surface area (Å²) < 4.78 is 12.9. The molecule has 0 aliphatic heterocycles. The van der Waals surface area contributed by atoms with Crippen molar-refractivity contribution in [3.63, 3.8) is 0 Å². The van der Waals surface area contributed by atoms with Gasteiger partial charge in [-0.05, 0) is 30.9 Å². The molecule has 0 amide bonds. The second-order valence-corrected chi connectivity index (χ2v) is 4.12. The van der Waals surface area contributed by atoms with Gasteiger partial charge in [0.2, 0.25) is 5.95 Å². The minimum Gasteiger partial charge on any atom is -0.396 e. The second-order valence-electron chi connectivity index (χ2n) is 4.12. The van der Waals surface area contributed by atoms with E-state index in [1.807, 2.05) is 6.92 Å². The average molecular weight is 226 g/mol. The Kier molecular flexibility index (Phi) is 5.19. The number of nitrogens with one attached hydrogen (secondary N) is 1. The van der Waals surface area contributed by atoms with Crippen LogP contribution in [0.3, 0.4) is 0 Å². The first-order chi connectivity index (χ1) is 7.65. The van der Waals surface area contributed by atoms with Crippen LogP contribution in [-0.4, -0.2) is 22.7 Å². The lowest BCUT2D eigenvalue weighted by Crippen LogP contribution is -2.23. The van der Waals surface area contributed by atoms with E-state index < -0.39 is 5.95 Å². The fourth-order valence-corrected chi connectivity index (χ4v) is 1.59. The largest absolute Gasteiger partial charge is 0.396 e. The van der Waals surface area contributed by atoms with E-state index in [0.29, 0.717) is 5.82 Å². The van der Waals surface area contributed by atoms with Crippen LogP contribution in [0.5, 0.6) is 0 Å². The number of pyridine rings is 1. The van der Waals surface area contributed by atoms with E-state index >= 15 is 0 Å². The van der Waals surface area contributed by atoms with Gasteiger partial charge in [0, 0.05) is 12.6 Å². The standard InChI is InChI=1S/C12H19FN2O/c1-3-10(7-9(2)8-16)14-12-6-4-5-11(13)15-12/h4-6,9-10,16H,3,7-8H2,1-2H3,(H,14,15)/t9-,10-/m1/s1. The summed E-state index contributed by atoms with van der Waals surface area (Å²) in [7, 11) is 0. The molecule has 1 rings (SSSR count). The van der Waals surface area contributed by atoms with Gasteiger partial charge in [0.15, 0.2) is 0 Å². The lowest BCUT2D eigenvalue weighted by molar-refractivity contribution is 0.224. The van der Waals surface area contributed by atoms with Gasteiger partial charge in [-0.15, -0.1) is 0 Å². The molecule has 0 spiro atoms. The first-order valence-corrected chi connectivity index (χ1v) is 5.65. The molecule has 2 N–H and O–H groups in total.